The Labute approximate surface area is 127 Å². The molecule has 118 valence electrons. The van der Waals surface area contributed by atoms with Crippen molar-refractivity contribution in [3.05, 3.63) is 35.6 Å². The third-order valence-corrected chi connectivity index (χ3v) is 4.71. The molecule has 3 nitrogen and oxygen atoms in total. The molecule has 0 saturated carbocycles. The maximum Gasteiger partial charge on any atom is 0.123 e. The molecule has 1 saturated heterocycles. The van der Waals surface area contributed by atoms with Gasteiger partial charge in [-0.15, -0.1) is 0 Å². The fourth-order valence-corrected chi connectivity index (χ4v) is 3.29. The molecule has 0 radical (unpaired) electrons. The quantitative estimate of drug-likeness (QED) is 0.906. The van der Waals surface area contributed by atoms with Gasteiger partial charge in [-0.3, -0.25) is 4.90 Å². The summed E-state index contributed by atoms with van der Waals surface area (Å²) in [5.41, 5.74) is 7.50. The summed E-state index contributed by atoms with van der Waals surface area (Å²) in [6.07, 6.45) is 3.26. The number of rotatable bonds is 5. The van der Waals surface area contributed by atoms with E-state index in [0.29, 0.717) is 6.04 Å². The Balaban J connectivity index is 2.12. The first-order valence-electron chi connectivity index (χ1n) is 7.94. The molecule has 1 fully saturated rings. The van der Waals surface area contributed by atoms with Crippen molar-refractivity contribution in [1.29, 1.82) is 0 Å². The van der Waals surface area contributed by atoms with Crippen LogP contribution in [0.4, 0.5) is 4.39 Å². The third kappa shape index (κ3) is 4.02. The Morgan fingerprint density at radius 2 is 1.81 bits per heavy atom. The van der Waals surface area contributed by atoms with Gasteiger partial charge in [0.25, 0.3) is 0 Å². The number of hydrogen-bond acceptors (Lipinski definition) is 3. The van der Waals surface area contributed by atoms with Crippen molar-refractivity contribution in [3.63, 3.8) is 0 Å². The van der Waals surface area contributed by atoms with E-state index in [-0.39, 0.29) is 17.9 Å². The fourth-order valence-electron chi connectivity index (χ4n) is 3.29. The molecule has 1 heterocycles. The summed E-state index contributed by atoms with van der Waals surface area (Å²) in [5.74, 6) is -0.186. The van der Waals surface area contributed by atoms with E-state index in [1.165, 1.54) is 25.0 Å². The Morgan fingerprint density at radius 3 is 2.29 bits per heavy atom. The summed E-state index contributed by atoms with van der Waals surface area (Å²) < 4.78 is 13.2. The van der Waals surface area contributed by atoms with E-state index in [1.54, 1.807) is 0 Å². The number of hydrogen-bond donors (Lipinski definition) is 1. The van der Waals surface area contributed by atoms with Crippen LogP contribution >= 0.6 is 0 Å². The highest BCUT2D eigenvalue weighted by Gasteiger charge is 2.30. The predicted molar refractivity (Wildman–Crippen MR) is 85.7 cm³/mol. The van der Waals surface area contributed by atoms with Gasteiger partial charge in [0.1, 0.15) is 5.82 Å². The van der Waals surface area contributed by atoms with Crippen LogP contribution < -0.4 is 5.73 Å². The van der Waals surface area contributed by atoms with Crippen molar-refractivity contribution in [3.8, 4) is 0 Å². The molecule has 2 N–H and O–H groups in total. The molecule has 0 spiro atoms. The van der Waals surface area contributed by atoms with Crippen LogP contribution in [-0.4, -0.2) is 49.1 Å². The van der Waals surface area contributed by atoms with E-state index in [0.717, 1.165) is 25.1 Å². The number of nitrogens with two attached hydrogens (primary N) is 1. The number of halogens is 1. The number of benzene rings is 1. The zero-order chi connectivity index (χ0) is 15.4. The Morgan fingerprint density at radius 1 is 1.24 bits per heavy atom. The lowest BCUT2D eigenvalue weighted by Gasteiger charge is -2.41. The third-order valence-electron chi connectivity index (χ3n) is 4.71. The lowest BCUT2D eigenvalue weighted by Crippen LogP contribution is -2.48. The maximum absolute atomic E-state index is 13.2. The van der Waals surface area contributed by atoms with Crippen LogP contribution in [0.25, 0.3) is 0 Å². The topological polar surface area (TPSA) is 32.5 Å². The Bertz CT molecular complexity index is 424. The van der Waals surface area contributed by atoms with Crippen LogP contribution in [0.3, 0.4) is 0 Å². The first-order chi connectivity index (χ1) is 10.0. The Hall–Kier alpha value is -0.970. The molecule has 1 aliphatic rings. The monoisotopic (exact) mass is 293 g/mol. The van der Waals surface area contributed by atoms with E-state index >= 15 is 0 Å². The molecule has 0 aliphatic carbocycles. The van der Waals surface area contributed by atoms with E-state index in [1.807, 2.05) is 12.1 Å². The molecule has 2 atom stereocenters. The normalized spacial score (nSPS) is 20.7. The minimum Gasteiger partial charge on any atom is -0.326 e. The largest absolute Gasteiger partial charge is 0.326 e. The van der Waals surface area contributed by atoms with Crippen LogP contribution in [0.1, 0.15) is 37.8 Å². The highest BCUT2D eigenvalue weighted by Crippen LogP contribution is 2.29. The van der Waals surface area contributed by atoms with E-state index in [4.69, 9.17) is 5.73 Å². The summed E-state index contributed by atoms with van der Waals surface area (Å²) in [7, 11) is 4.30. The molecule has 1 aromatic rings. The van der Waals surface area contributed by atoms with Crippen LogP contribution in [0.5, 0.6) is 0 Å². The molecular weight excluding hydrogens is 265 g/mol. The van der Waals surface area contributed by atoms with Gasteiger partial charge in [-0.05, 0) is 51.1 Å². The lowest BCUT2D eigenvalue weighted by molar-refractivity contribution is 0.0948. The van der Waals surface area contributed by atoms with Gasteiger partial charge in [-0.2, -0.15) is 0 Å². The summed E-state index contributed by atoms with van der Waals surface area (Å²) in [4.78, 5) is 4.78. The van der Waals surface area contributed by atoms with Crippen molar-refractivity contribution in [1.82, 2.24) is 9.80 Å². The highest BCUT2D eigenvalue weighted by atomic mass is 19.1. The molecular formula is C17H28FN3. The summed E-state index contributed by atoms with van der Waals surface area (Å²) in [6, 6.07) is 7.79. The molecule has 1 aliphatic heterocycles. The molecule has 2 rings (SSSR count). The molecule has 2 unspecified atom stereocenters. The second kappa shape index (κ2) is 7.34. The minimum atomic E-state index is -0.186. The Kier molecular flexibility index (Phi) is 5.73. The van der Waals surface area contributed by atoms with Crippen LogP contribution in [0.15, 0.2) is 24.3 Å². The first-order valence-corrected chi connectivity index (χ1v) is 7.94. The van der Waals surface area contributed by atoms with Crippen molar-refractivity contribution in [2.45, 2.75) is 44.3 Å². The van der Waals surface area contributed by atoms with Crippen LogP contribution in [0.2, 0.25) is 0 Å². The molecule has 0 aromatic heterocycles. The number of nitrogens with zero attached hydrogens (tertiary/aromatic N) is 2. The standard InChI is InChI=1S/C17H28FN3/c1-4-16(19)17(13-5-7-14(18)8-6-13)21-11-9-15(10-12-21)20(2)3/h5-8,15-17H,4,9-12,19H2,1-3H3. The van der Waals surface area contributed by atoms with Crippen molar-refractivity contribution in [2.75, 3.05) is 27.2 Å². The maximum atomic E-state index is 13.2. The average Bonchev–Trinajstić information content (AvgIpc) is 2.49. The smallest absolute Gasteiger partial charge is 0.123 e. The van der Waals surface area contributed by atoms with Gasteiger partial charge in [0, 0.05) is 31.2 Å². The highest BCUT2D eigenvalue weighted by molar-refractivity contribution is 5.22. The van der Waals surface area contributed by atoms with Crippen LogP contribution in [0, 0.1) is 5.82 Å². The summed E-state index contributed by atoms with van der Waals surface area (Å²) in [5, 5.41) is 0. The number of piperidine rings is 1. The lowest BCUT2D eigenvalue weighted by atomic mass is 9.93. The molecule has 0 amide bonds. The van der Waals surface area contributed by atoms with Crippen molar-refractivity contribution in [2.24, 2.45) is 5.73 Å². The summed E-state index contributed by atoms with van der Waals surface area (Å²) >= 11 is 0. The zero-order valence-corrected chi connectivity index (χ0v) is 13.4. The summed E-state index contributed by atoms with van der Waals surface area (Å²) in [6.45, 7) is 4.23. The zero-order valence-electron chi connectivity index (χ0n) is 13.4. The van der Waals surface area contributed by atoms with Gasteiger partial charge in [-0.25, -0.2) is 4.39 Å². The SMILES string of the molecule is CCC(N)C(c1ccc(F)cc1)N1CCC(N(C)C)CC1. The first kappa shape index (κ1) is 16.4. The van der Waals surface area contributed by atoms with Gasteiger partial charge in [0.15, 0.2) is 0 Å². The van der Waals surface area contributed by atoms with E-state index in [2.05, 4.69) is 30.8 Å². The second-order valence-corrected chi connectivity index (χ2v) is 6.30. The fraction of sp³-hybridized carbons (Fsp3) is 0.647. The van der Waals surface area contributed by atoms with Gasteiger partial charge >= 0.3 is 0 Å². The van der Waals surface area contributed by atoms with Gasteiger partial charge in [0.2, 0.25) is 0 Å². The van der Waals surface area contributed by atoms with Crippen molar-refractivity contribution >= 4 is 0 Å². The van der Waals surface area contributed by atoms with Gasteiger partial charge in [0.05, 0.1) is 0 Å². The van der Waals surface area contributed by atoms with Gasteiger partial charge < -0.3 is 10.6 Å². The van der Waals surface area contributed by atoms with E-state index in [9.17, 15) is 4.39 Å². The van der Waals surface area contributed by atoms with Gasteiger partial charge in [-0.1, -0.05) is 19.1 Å². The number of likely N-dealkylation sites (tertiary alicyclic amines) is 1. The molecule has 1 aromatic carbocycles. The second-order valence-electron chi connectivity index (χ2n) is 6.30. The molecule has 4 heteroatoms. The molecule has 21 heavy (non-hydrogen) atoms. The van der Waals surface area contributed by atoms with Crippen LogP contribution in [-0.2, 0) is 0 Å². The average molecular weight is 293 g/mol. The molecule has 0 bridgehead atoms. The predicted octanol–water partition coefficient (Wildman–Crippen LogP) is 2.63. The minimum absolute atomic E-state index is 0.0892. The van der Waals surface area contributed by atoms with E-state index < -0.39 is 0 Å². The van der Waals surface area contributed by atoms with Crippen molar-refractivity contribution < 1.29 is 4.39 Å².